The fourth-order valence-electron chi connectivity index (χ4n) is 6.54. The molecule has 4 heterocycles. The molecular formula is C30H44N6O3S. The molecule has 40 heavy (non-hydrogen) atoms. The Morgan fingerprint density at radius 2 is 1.77 bits per heavy atom. The molecular weight excluding hydrogens is 524 g/mol. The second-order valence-corrected chi connectivity index (χ2v) is 13.2. The molecule has 1 aromatic heterocycles. The number of ether oxygens (including phenoxy) is 1. The number of hydrogen-bond acceptors (Lipinski definition) is 9. The van der Waals surface area contributed by atoms with Crippen LogP contribution in [0.4, 0.5) is 17.3 Å². The van der Waals surface area contributed by atoms with Gasteiger partial charge in [0.2, 0.25) is 5.95 Å². The van der Waals surface area contributed by atoms with Crippen molar-refractivity contribution in [3.63, 3.8) is 0 Å². The maximum atomic E-state index is 12.6. The Hall–Kier alpha value is -2.56. The van der Waals surface area contributed by atoms with E-state index >= 15 is 0 Å². The molecule has 1 N–H and O–H groups in total. The van der Waals surface area contributed by atoms with Crippen molar-refractivity contribution >= 4 is 35.2 Å². The number of carboxylic acids is 1. The van der Waals surface area contributed by atoms with E-state index in [4.69, 9.17) is 9.72 Å². The highest BCUT2D eigenvalue weighted by Crippen LogP contribution is 2.54. The summed E-state index contributed by atoms with van der Waals surface area (Å²) in [6, 6.07) is 2.68. The Bertz CT molecular complexity index is 1270. The first-order valence-electron chi connectivity index (χ1n) is 14.4. The second-order valence-electron chi connectivity index (χ2n) is 12.4. The fraction of sp³-hybridized carbons (Fsp3) is 0.633. The molecule has 0 radical (unpaired) electrons. The number of piperazine rings is 1. The van der Waals surface area contributed by atoms with Gasteiger partial charge in [-0.05, 0) is 71.2 Å². The highest BCUT2D eigenvalue weighted by Gasteiger charge is 2.43. The highest BCUT2D eigenvalue weighted by atomic mass is 32.2. The predicted molar refractivity (Wildman–Crippen MR) is 163 cm³/mol. The third-order valence-electron chi connectivity index (χ3n) is 8.49. The minimum absolute atomic E-state index is 0.0802. The first kappa shape index (κ1) is 29.0. The molecule has 1 saturated heterocycles. The smallest absolute Gasteiger partial charge is 0.337 e. The molecule has 0 aliphatic carbocycles. The SMILES string of the molecule is CSN1CCN2c3c(c(C)c(C(OC(C)(C)C)C(=O)O)c(C)c31)CC2c1ccnc(N2CCN(C(C)C)CC2)n1. The highest BCUT2D eigenvalue weighted by molar-refractivity contribution is 8.00. The van der Waals surface area contributed by atoms with Crippen LogP contribution >= 0.6 is 11.9 Å². The van der Waals surface area contributed by atoms with Crippen LogP contribution in [0.1, 0.15) is 74.7 Å². The van der Waals surface area contributed by atoms with Gasteiger partial charge in [-0.3, -0.25) is 4.90 Å². The molecule has 5 rings (SSSR count). The maximum absolute atomic E-state index is 12.6. The van der Waals surface area contributed by atoms with Crippen LogP contribution < -0.4 is 14.1 Å². The number of benzene rings is 1. The lowest BCUT2D eigenvalue weighted by Gasteiger charge is -2.40. The molecule has 2 aromatic rings. The predicted octanol–water partition coefficient (Wildman–Crippen LogP) is 4.77. The Balaban J connectivity index is 1.54. The Kier molecular flexibility index (Phi) is 7.98. The summed E-state index contributed by atoms with van der Waals surface area (Å²) in [5, 5.41) is 10.3. The van der Waals surface area contributed by atoms with Gasteiger partial charge in [-0.25, -0.2) is 14.8 Å². The number of rotatable bonds is 7. The monoisotopic (exact) mass is 568 g/mol. The number of aromatic nitrogens is 2. The first-order chi connectivity index (χ1) is 18.9. The van der Waals surface area contributed by atoms with Crippen molar-refractivity contribution in [3.05, 3.63) is 40.2 Å². The molecule has 0 bridgehead atoms. The van der Waals surface area contributed by atoms with Gasteiger partial charge in [-0.1, -0.05) is 11.9 Å². The van der Waals surface area contributed by atoms with Crippen LogP contribution in [0.2, 0.25) is 0 Å². The van der Waals surface area contributed by atoms with Crippen molar-refractivity contribution in [1.29, 1.82) is 0 Å². The number of aliphatic carboxylic acids is 1. The third kappa shape index (κ3) is 5.25. The van der Waals surface area contributed by atoms with E-state index in [0.717, 1.165) is 79.7 Å². The van der Waals surface area contributed by atoms with Gasteiger partial charge in [0.1, 0.15) is 0 Å². The molecule has 3 aliphatic rings. The maximum Gasteiger partial charge on any atom is 0.337 e. The molecule has 0 saturated carbocycles. The summed E-state index contributed by atoms with van der Waals surface area (Å²) in [5.74, 6) is -0.151. The third-order valence-corrected chi connectivity index (χ3v) is 9.30. The Labute approximate surface area is 243 Å². The van der Waals surface area contributed by atoms with Crippen LogP contribution in [-0.4, -0.2) is 83.1 Å². The molecule has 0 spiro atoms. The van der Waals surface area contributed by atoms with E-state index in [-0.39, 0.29) is 6.04 Å². The number of nitrogens with zero attached hydrogens (tertiary/aromatic N) is 6. The van der Waals surface area contributed by atoms with Gasteiger partial charge in [0.25, 0.3) is 0 Å². The zero-order valence-electron chi connectivity index (χ0n) is 25.2. The number of carboxylic acid groups (broad SMARTS) is 1. The summed E-state index contributed by atoms with van der Waals surface area (Å²) >= 11 is 1.69. The van der Waals surface area contributed by atoms with Gasteiger partial charge in [-0.2, -0.15) is 0 Å². The molecule has 1 fully saturated rings. The second kappa shape index (κ2) is 11.0. The van der Waals surface area contributed by atoms with E-state index in [2.05, 4.69) is 64.0 Å². The minimum Gasteiger partial charge on any atom is -0.479 e. The number of anilines is 3. The molecule has 1 aromatic carbocycles. The van der Waals surface area contributed by atoms with Crippen molar-refractivity contribution in [3.8, 4) is 0 Å². The summed E-state index contributed by atoms with van der Waals surface area (Å²) < 4.78 is 8.48. The molecule has 9 nitrogen and oxygen atoms in total. The standard InChI is InChI=1S/C30H44N6O3S/c1-18(2)33-11-13-34(14-12-33)29-31-10-9-22(32-29)23-17-21-19(3)24(27(28(37)38)39-30(5,6)7)20(4)25-26(21)35(23)15-16-36(25)40-8/h9-10,18,23,27H,11-17H2,1-8H3,(H,37,38). The van der Waals surface area contributed by atoms with Crippen molar-refractivity contribution in [1.82, 2.24) is 14.9 Å². The van der Waals surface area contributed by atoms with Gasteiger partial charge in [0, 0.05) is 69.7 Å². The zero-order valence-corrected chi connectivity index (χ0v) is 26.0. The van der Waals surface area contributed by atoms with Crippen molar-refractivity contribution in [2.45, 2.75) is 78.7 Å². The minimum atomic E-state index is -1.03. The molecule has 218 valence electrons. The Morgan fingerprint density at radius 1 is 1.07 bits per heavy atom. The van der Waals surface area contributed by atoms with Gasteiger partial charge >= 0.3 is 5.97 Å². The first-order valence-corrected chi connectivity index (χ1v) is 15.6. The van der Waals surface area contributed by atoms with E-state index < -0.39 is 17.7 Å². The molecule has 2 unspecified atom stereocenters. The van der Waals surface area contributed by atoms with Gasteiger partial charge < -0.3 is 23.9 Å². The topological polar surface area (TPSA) is 85.3 Å². The molecule has 2 atom stereocenters. The average molecular weight is 569 g/mol. The lowest BCUT2D eigenvalue weighted by molar-refractivity contribution is -0.160. The molecule has 10 heteroatoms. The lowest BCUT2D eigenvalue weighted by atomic mass is 9.89. The van der Waals surface area contributed by atoms with E-state index in [1.165, 1.54) is 11.3 Å². The van der Waals surface area contributed by atoms with Crippen LogP contribution in [0.3, 0.4) is 0 Å². The van der Waals surface area contributed by atoms with E-state index in [0.29, 0.717) is 6.04 Å². The van der Waals surface area contributed by atoms with Gasteiger partial charge in [-0.15, -0.1) is 0 Å². The van der Waals surface area contributed by atoms with Crippen LogP contribution in [-0.2, 0) is 16.0 Å². The Morgan fingerprint density at radius 3 is 2.38 bits per heavy atom. The summed E-state index contributed by atoms with van der Waals surface area (Å²) in [4.78, 5) is 29.6. The van der Waals surface area contributed by atoms with E-state index in [1.807, 2.05) is 27.0 Å². The van der Waals surface area contributed by atoms with Crippen molar-refractivity contribution in [2.75, 3.05) is 59.6 Å². The van der Waals surface area contributed by atoms with E-state index in [1.54, 1.807) is 11.9 Å². The summed E-state index contributed by atoms with van der Waals surface area (Å²) in [7, 11) is 0. The number of hydrogen-bond donors (Lipinski definition) is 1. The fourth-order valence-corrected chi connectivity index (χ4v) is 7.21. The van der Waals surface area contributed by atoms with Gasteiger partial charge in [0.05, 0.1) is 28.7 Å². The normalized spacial score (nSPS) is 20.3. The van der Waals surface area contributed by atoms with Crippen molar-refractivity contribution in [2.24, 2.45) is 0 Å². The summed E-state index contributed by atoms with van der Waals surface area (Å²) in [6.07, 6.45) is 3.73. The van der Waals surface area contributed by atoms with Gasteiger partial charge in [0.15, 0.2) is 6.10 Å². The zero-order chi connectivity index (χ0) is 28.9. The molecule has 3 aliphatic heterocycles. The van der Waals surface area contributed by atoms with Crippen LogP contribution in [0.25, 0.3) is 0 Å². The quantitative estimate of drug-likeness (QED) is 0.472. The van der Waals surface area contributed by atoms with Crippen LogP contribution in [0, 0.1) is 13.8 Å². The average Bonchev–Trinajstić information content (AvgIpc) is 3.31. The van der Waals surface area contributed by atoms with Crippen LogP contribution in [0.15, 0.2) is 12.3 Å². The van der Waals surface area contributed by atoms with Crippen LogP contribution in [0.5, 0.6) is 0 Å². The van der Waals surface area contributed by atoms with E-state index in [9.17, 15) is 9.90 Å². The molecule has 0 amide bonds. The number of carbonyl (C=O) groups is 1. The summed E-state index contributed by atoms with van der Waals surface area (Å²) in [5.41, 5.74) is 6.74. The summed E-state index contributed by atoms with van der Waals surface area (Å²) in [6.45, 7) is 20.0. The van der Waals surface area contributed by atoms with Crippen molar-refractivity contribution < 1.29 is 14.6 Å². The largest absolute Gasteiger partial charge is 0.479 e. The lowest BCUT2D eigenvalue weighted by Crippen LogP contribution is -2.49.